The van der Waals surface area contributed by atoms with Crippen LogP contribution >= 0.6 is 0 Å². The minimum atomic E-state index is -2.68. The van der Waals surface area contributed by atoms with Crippen molar-refractivity contribution in [2.75, 3.05) is 27.4 Å². The van der Waals surface area contributed by atoms with Crippen LogP contribution in [0.2, 0.25) is 0 Å². The second-order valence-electron chi connectivity index (χ2n) is 16.6. The highest BCUT2D eigenvalue weighted by molar-refractivity contribution is 5.69. The molecule has 0 unspecified atom stereocenters. The molecule has 0 aromatic carbocycles. The number of hydrogen-bond donors (Lipinski definition) is 2. The Labute approximate surface area is 344 Å². The lowest BCUT2D eigenvalue weighted by Gasteiger charge is -2.33. The molecule has 4 rings (SSSR count). The Morgan fingerprint density at radius 3 is 1.51 bits per heavy atom. The number of methoxy groups -OCH3 is 2. The van der Waals surface area contributed by atoms with Crippen molar-refractivity contribution < 1.29 is 46.0 Å². The van der Waals surface area contributed by atoms with E-state index in [0.29, 0.717) is 64.5 Å². The summed E-state index contributed by atoms with van der Waals surface area (Å²) in [6, 6.07) is 9.08. The van der Waals surface area contributed by atoms with E-state index in [2.05, 4.69) is 39.1 Å². The highest BCUT2D eigenvalue weighted by Gasteiger charge is 2.31. The molecule has 2 atom stereocenters. The highest BCUT2D eigenvalue weighted by Crippen LogP contribution is 2.34. The first-order valence-electron chi connectivity index (χ1n) is 19.2. The maximum Gasteiger partial charge on any atom is 0.408 e. The van der Waals surface area contributed by atoms with Gasteiger partial charge in [-0.25, -0.2) is 22.4 Å². The van der Waals surface area contributed by atoms with Gasteiger partial charge >= 0.3 is 6.09 Å². The van der Waals surface area contributed by atoms with Crippen LogP contribution in [-0.4, -0.2) is 70.1 Å². The Morgan fingerprint density at radius 2 is 1.12 bits per heavy atom. The van der Waals surface area contributed by atoms with E-state index in [-0.39, 0.29) is 23.9 Å². The van der Waals surface area contributed by atoms with Gasteiger partial charge in [0.2, 0.25) is 0 Å². The van der Waals surface area contributed by atoms with Crippen LogP contribution in [0.1, 0.15) is 99.4 Å². The molecule has 59 heavy (non-hydrogen) atoms. The van der Waals surface area contributed by atoms with E-state index in [0.717, 1.165) is 6.42 Å². The number of halogens is 4. The van der Waals surface area contributed by atoms with Gasteiger partial charge in [0.1, 0.15) is 30.2 Å². The van der Waals surface area contributed by atoms with Crippen LogP contribution in [0.25, 0.3) is 22.5 Å². The average Bonchev–Trinajstić information content (AvgIpc) is 3.14. The van der Waals surface area contributed by atoms with Crippen LogP contribution < -0.4 is 30.0 Å². The molecule has 16 heteroatoms. The first-order valence-corrected chi connectivity index (χ1v) is 19.2. The maximum atomic E-state index is 13.0. The summed E-state index contributed by atoms with van der Waals surface area (Å²) < 4.78 is 79.6. The number of carbonyl (C=O) groups excluding carboxylic acids is 1. The lowest BCUT2D eigenvalue weighted by atomic mass is 9.91. The maximum absolute atomic E-state index is 13.0. The van der Waals surface area contributed by atoms with Gasteiger partial charge in [0.15, 0.2) is 23.0 Å². The molecule has 0 aliphatic rings. The first kappa shape index (κ1) is 48.1. The Kier molecular flexibility index (Phi) is 17.2. The Morgan fingerprint density at radius 1 is 0.678 bits per heavy atom. The predicted molar refractivity (Wildman–Crippen MR) is 218 cm³/mol. The SMILES string of the molecule is COc1cc(-c2ccnc(C(F)F)c2)ncc1OC[C@@](C)(N)CC(C)C.COc1cc(-c2ccnc(C(F)F)c2)ncc1OC[C@](C)(CC(C)C)NC(=O)OC(C)(C)C. The number of amides is 1. The second-order valence-corrected chi connectivity index (χ2v) is 16.6. The van der Waals surface area contributed by atoms with Crippen LogP contribution in [0.3, 0.4) is 0 Å². The van der Waals surface area contributed by atoms with E-state index in [1.807, 2.05) is 27.7 Å². The number of nitrogens with zero attached hydrogens (tertiary/aromatic N) is 4. The molecule has 0 spiro atoms. The lowest BCUT2D eigenvalue weighted by Crippen LogP contribution is -2.52. The fourth-order valence-corrected chi connectivity index (χ4v) is 6.22. The van der Waals surface area contributed by atoms with Crippen LogP contribution in [0.5, 0.6) is 23.0 Å². The van der Waals surface area contributed by atoms with Crippen LogP contribution in [0.15, 0.2) is 61.2 Å². The molecule has 0 radical (unpaired) electrons. The van der Waals surface area contributed by atoms with E-state index in [4.69, 9.17) is 29.4 Å². The minimum Gasteiger partial charge on any atom is -0.493 e. The van der Waals surface area contributed by atoms with Gasteiger partial charge in [-0.3, -0.25) is 19.9 Å². The molecule has 0 saturated carbocycles. The summed E-state index contributed by atoms with van der Waals surface area (Å²) in [5.41, 5.74) is 5.79. The van der Waals surface area contributed by atoms with E-state index >= 15 is 0 Å². The zero-order chi connectivity index (χ0) is 44.1. The molecule has 12 nitrogen and oxygen atoms in total. The standard InChI is InChI=1S/C24H33F2N3O4.C19H25F2N3O2/c1-15(2)12-24(6,29-22(30)33-23(3,4)5)14-32-20-13-28-17(11-19(20)31-7)16-8-9-27-18(10-16)21(25)26;1-12(2)9-19(3,22)11-26-17-10-24-14(8-16(17)25-4)13-5-6-23-15(7-13)18(20)21/h8-11,13,15,21H,12,14H2,1-7H3,(H,29,30);5-8,10,12,18H,9,11,22H2,1-4H3/t24-;19-/m00/s1. The first-order chi connectivity index (χ1) is 27.5. The monoisotopic (exact) mass is 830 g/mol. The number of nitrogens with one attached hydrogen (secondary N) is 1. The summed E-state index contributed by atoms with van der Waals surface area (Å²) in [5, 5.41) is 2.92. The molecule has 324 valence electrons. The average molecular weight is 831 g/mol. The van der Waals surface area contributed by atoms with Gasteiger partial charge < -0.3 is 34.7 Å². The van der Waals surface area contributed by atoms with Crippen LogP contribution in [0, 0.1) is 11.8 Å². The van der Waals surface area contributed by atoms with Crippen molar-refractivity contribution in [3.63, 3.8) is 0 Å². The number of alkyl halides is 4. The smallest absolute Gasteiger partial charge is 0.408 e. The zero-order valence-corrected chi connectivity index (χ0v) is 35.7. The molecule has 4 aromatic heterocycles. The van der Waals surface area contributed by atoms with Crippen molar-refractivity contribution in [3.05, 3.63) is 72.6 Å². The topological polar surface area (TPSA) is 153 Å². The molecular formula is C43H58F4N6O6. The molecular weight excluding hydrogens is 773 g/mol. The quantitative estimate of drug-likeness (QED) is 0.0978. The van der Waals surface area contributed by atoms with Gasteiger partial charge in [-0.1, -0.05) is 27.7 Å². The van der Waals surface area contributed by atoms with Gasteiger partial charge in [-0.15, -0.1) is 0 Å². The molecule has 0 bridgehead atoms. The number of alkyl carbamates (subject to hydrolysis) is 1. The number of nitrogens with two attached hydrogens (primary N) is 1. The van der Waals surface area contributed by atoms with Crippen molar-refractivity contribution >= 4 is 6.09 Å². The van der Waals surface area contributed by atoms with Gasteiger partial charge in [0, 0.05) is 41.2 Å². The van der Waals surface area contributed by atoms with E-state index in [1.54, 1.807) is 45.0 Å². The third kappa shape index (κ3) is 15.8. The number of carbonyl (C=O) groups is 1. The van der Waals surface area contributed by atoms with Crippen molar-refractivity contribution in [2.45, 2.75) is 105 Å². The summed E-state index contributed by atoms with van der Waals surface area (Å²) in [4.78, 5) is 28.4. The van der Waals surface area contributed by atoms with E-state index in [1.165, 1.54) is 51.1 Å². The third-order valence-corrected chi connectivity index (χ3v) is 8.34. The Bertz CT molecular complexity index is 1960. The summed E-state index contributed by atoms with van der Waals surface area (Å²) in [6.07, 6.45) is 1.26. The number of pyridine rings is 4. The molecule has 0 saturated heterocycles. The number of hydrogen-bond acceptors (Lipinski definition) is 11. The van der Waals surface area contributed by atoms with Crippen molar-refractivity contribution in [1.82, 2.24) is 25.3 Å². The third-order valence-electron chi connectivity index (χ3n) is 8.34. The van der Waals surface area contributed by atoms with Crippen molar-refractivity contribution in [2.24, 2.45) is 17.6 Å². The van der Waals surface area contributed by atoms with Gasteiger partial charge in [0.05, 0.1) is 43.5 Å². The van der Waals surface area contributed by atoms with Gasteiger partial charge in [-0.05, 0) is 83.6 Å². The normalized spacial score (nSPS) is 13.6. The minimum absolute atomic E-state index is 0.145. The van der Waals surface area contributed by atoms with Gasteiger partial charge in [-0.2, -0.15) is 0 Å². The molecule has 3 N–H and O–H groups in total. The molecule has 1 amide bonds. The Balaban J connectivity index is 0.000000324. The van der Waals surface area contributed by atoms with Crippen LogP contribution in [-0.2, 0) is 4.74 Å². The van der Waals surface area contributed by atoms with Crippen molar-refractivity contribution in [1.29, 1.82) is 0 Å². The predicted octanol–water partition coefficient (Wildman–Crippen LogP) is 10.0. The number of rotatable bonds is 17. The van der Waals surface area contributed by atoms with Crippen LogP contribution in [0.4, 0.5) is 22.4 Å². The fraction of sp³-hybridized carbons (Fsp3) is 0.512. The summed E-state index contributed by atoms with van der Waals surface area (Å²) in [6.45, 7) is 18.0. The molecule has 0 fully saturated rings. The van der Waals surface area contributed by atoms with Crippen molar-refractivity contribution in [3.8, 4) is 45.5 Å². The van der Waals surface area contributed by atoms with E-state index in [9.17, 15) is 22.4 Å². The highest BCUT2D eigenvalue weighted by atomic mass is 19.3. The number of aromatic nitrogens is 4. The zero-order valence-electron chi connectivity index (χ0n) is 35.7. The summed E-state index contributed by atoms with van der Waals surface area (Å²) >= 11 is 0. The molecule has 4 heterocycles. The molecule has 0 aliphatic heterocycles. The lowest BCUT2D eigenvalue weighted by molar-refractivity contribution is 0.0406. The Hall–Kier alpha value is -5.25. The summed E-state index contributed by atoms with van der Waals surface area (Å²) in [5.74, 6) is 2.41. The fourth-order valence-electron chi connectivity index (χ4n) is 6.22. The second kappa shape index (κ2) is 21.1. The molecule has 4 aromatic rings. The molecule has 0 aliphatic carbocycles. The number of ether oxygens (including phenoxy) is 5. The largest absolute Gasteiger partial charge is 0.493 e. The van der Waals surface area contributed by atoms with E-state index < -0.39 is 35.6 Å². The summed E-state index contributed by atoms with van der Waals surface area (Å²) in [7, 11) is 2.99. The van der Waals surface area contributed by atoms with Gasteiger partial charge in [0.25, 0.3) is 12.9 Å².